The Morgan fingerprint density at radius 3 is 2.86 bits per heavy atom. The zero-order valence-electron chi connectivity index (χ0n) is 13.4. The number of methoxy groups -OCH3 is 1. The lowest BCUT2D eigenvalue weighted by molar-refractivity contribution is 0.415. The van der Waals surface area contributed by atoms with Crippen molar-refractivity contribution in [1.82, 2.24) is 4.57 Å². The average Bonchev–Trinajstić information content (AvgIpc) is 2.98. The predicted molar refractivity (Wildman–Crippen MR) is 87.3 cm³/mol. The van der Waals surface area contributed by atoms with Crippen LogP contribution in [-0.2, 0) is 13.0 Å². The van der Waals surface area contributed by atoms with Gasteiger partial charge in [0.15, 0.2) is 0 Å². The van der Waals surface area contributed by atoms with E-state index in [0.717, 1.165) is 12.2 Å². The molecule has 2 aromatic rings. The Bertz CT molecular complexity index is 784. The van der Waals surface area contributed by atoms with Gasteiger partial charge in [-0.15, -0.1) is 0 Å². The van der Waals surface area contributed by atoms with Gasteiger partial charge in [-0.2, -0.15) is 0 Å². The summed E-state index contributed by atoms with van der Waals surface area (Å²) in [6.07, 6.45) is 0.963. The highest BCUT2D eigenvalue weighted by atomic mass is 16.5. The molecular formula is C17H20N4O. The van der Waals surface area contributed by atoms with Crippen molar-refractivity contribution in [2.45, 2.75) is 39.8 Å². The highest BCUT2D eigenvalue weighted by Gasteiger charge is 2.27. The molecule has 0 saturated carbocycles. The minimum atomic E-state index is -0.0748. The Balaban J connectivity index is 2.14. The number of rotatable bonds is 4. The quantitative estimate of drug-likeness (QED) is 0.400. The standard InChI is InChI=1S/C17H20N4O/c1-10(19-20-18)9-21-12(3)11(2)15-7-13-5-6-14(22-4)8-16(13)17(15)21/h5-6,8,10H,7,9H2,1-4H3/t10-/m0/s1. The van der Waals surface area contributed by atoms with Crippen LogP contribution in [0.25, 0.3) is 21.7 Å². The first kappa shape index (κ1) is 14.5. The summed E-state index contributed by atoms with van der Waals surface area (Å²) in [5.41, 5.74) is 16.4. The fourth-order valence-corrected chi connectivity index (χ4v) is 3.32. The van der Waals surface area contributed by atoms with E-state index in [1.54, 1.807) is 7.11 Å². The summed E-state index contributed by atoms with van der Waals surface area (Å²) in [5, 5.41) is 3.82. The van der Waals surface area contributed by atoms with Crippen molar-refractivity contribution in [3.05, 3.63) is 51.0 Å². The molecule has 0 bridgehead atoms. The van der Waals surface area contributed by atoms with Crippen molar-refractivity contribution in [2.75, 3.05) is 7.11 Å². The Hall–Kier alpha value is -2.39. The molecule has 1 aromatic heterocycles. The maximum absolute atomic E-state index is 8.64. The summed E-state index contributed by atoms with van der Waals surface area (Å²) in [6.45, 7) is 6.95. The third-order valence-electron chi connectivity index (χ3n) is 4.59. The van der Waals surface area contributed by atoms with Crippen molar-refractivity contribution < 1.29 is 4.74 Å². The zero-order valence-corrected chi connectivity index (χ0v) is 13.4. The van der Waals surface area contributed by atoms with Crippen molar-refractivity contribution in [3.8, 4) is 17.0 Å². The topological polar surface area (TPSA) is 62.9 Å². The Morgan fingerprint density at radius 2 is 2.18 bits per heavy atom. The van der Waals surface area contributed by atoms with Crippen LogP contribution in [0.1, 0.15) is 29.3 Å². The van der Waals surface area contributed by atoms with Gasteiger partial charge in [0, 0.05) is 29.1 Å². The van der Waals surface area contributed by atoms with E-state index in [4.69, 9.17) is 10.3 Å². The van der Waals surface area contributed by atoms with Gasteiger partial charge in [-0.05, 0) is 48.2 Å². The van der Waals surface area contributed by atoms with Crippen LogP contribution in [0.5, 0.6) is 5.75 Å². The molecule has 114 valence electrons. The van der Waals surface area contributed by atoms with Crippen LogP contribution >= 0.6 is 0 Å². The molecule has 1 aliphatic rings. The molecule has 0 fully saturated rings. The fraction of sp³-hybridized carbons (Fsp3) is 0.412. The van der Waals surface area contributed by atoms with E-state index < -0.39 is 0 Å². The number of aromatic nitrogens is 1. The molecule has 0 N–H and O–H groups in total. The highest BCUT2D eigenvalue weighted by molar-refractivity contribution is 5.78. The number of nitrogens with zero attached hydrogens (tertiary/aromatic N) is 4. The smallest absolute Gasteiger partial charge is 0.119 e. The number of hydrogen-bond acceptors (Lipinski definition) is 2. The molecule has 22 heavy (non-hydrogen) atoms. The molecule has 5 heteroatoms. The second kappa shape index (κ2) is 5.43. The maximum atomic E-state index is 8.64. The van der Waals surface area contributed by atoms with Gasteiger partial charge in [-0.1, -0.05) is 18.1 Å². The molecule has 1 aliphatic carbocycles. The number of benzene rings is 1. The fourth-order valence-electron chi connectivity index (χ4n) is 3.32. The van der Waals surface area contributed by atoms with Crippen LogP contribution in [-0.4, -0.2) is 17.7 Å². The number of ether oxygens (including phenoxy) is 1. The average molecular weight is 296 g/mol. The lowest BCUT2D eigenvalue weighted by atomic mass is 10.1. The molecule has 1 aromatic carbocycles. The molecule has 0 aliphatic heterocycles. The zero-order chi connectivity index (χ0) is 15.9. The third kappa shape index (κ3) is 2.14. The van der Waals surface area contributed by atoms with Gasteiger partial charge < -0.3 is 9.30 Å². The molecule has 0 unspecified atom stereocenters. The van der Waals surface area contributed by atoms with Gasteiger partial charge in [-0.25, -0.2) is 0 Å². The molecule has 1 atom stereocenters. The maximum Gasteiger partial charge on any atom is 0.119 e. The molecule has 0 amide bonds. The highest BCUT2D eigenvalue weighted by Crippen LogP contribution is 2.42. The minimum Gasteiger partial charge on any atom is -0.497 e. The van der Waals surface area contributed by atoms with Gasteiger partial charge in [0.2, 0.25) is 0 Å². The van der Waals surface area contributed by atoms with Crippen LogP contribution in [0.2, 0.25) is 0 Å². The van der Waals surface area contributed by atoms with Gasteiger partial charge in [-0.3, -0.25) is 0 Å². The second-order valence-corrected chi connectivity index (χ2v) is 5.90. The van der Waals surface area contributed by atoms with Crippen molar-refractivity contribution >= 4 is 0 Å². The van der Waals surface area contributed by atoms with Crippen molar-refractivity contribution in [3.63, 3.8) is 0 Å². The van der Waals surface area contributed by atoms with Crippen LogP contribution in [0.4, 0.5) is 0 Å². The lowest BCUT2D eigenvalue weighted by Gasteiger charge is -2.15. The van der Waals surface area contributed by atoms with Crippen molar-refractivity contribution in [2.24, 2.45) is 5.11 Å². The molecule has 3 rings (SSSR count). The predicted octanol–water partition coefficient (Wildman–Crippen LogP) is 4.38. The summed E-state index contributed by atoms with van der Waals surface area (Å²) in [5.74, 6) is 0.873. The number of hydrogen-bond donors (Lipinski definition) is 0. The van der Waals surface area contributed by atoms with E-state index in [1.807, 2.05) is 13.0 Å². The molecule has 1 heterocycles. The van der Waals surface area contributed by atoms with E-state index in [0.29, 0.717) is 6.54 Å². The summed E-state index contributed by atoms with van der Waals surface area (Å²) in [7, 11) is 1.69. The second-order valence-electron chi connectivity index (χ2n) is 5.90. The number of fused-ring (bicyclic) bond motifs is 3. The molecule has 5 nitrogen and oxygen atoms in total. The lowest BCUT2D eigenvalue weighted by Crippen LogP contribution is -2.12. The van der Waals surface area contributed by atoms with E-state index in [9.17, 15) is 0 Å². The molecule has 0 spiro atoms. The van der Waals surface area contributed by atoms with Crippen LogP contribution < -0.4 is 4.74 Å². The minimum absolute atomic E-state index is 0.0748. The van der Waals surface area contributed by atoms with Gasteiger partial charge >= 0.3 is 0 Å². The van der Waals surface area contributed by atoms with E-state index in [-0.39, 0.29) is 6.04 Å². The molecular weight excluding hydrogens is 276 g/mol. The van der Waals surface area contributed by atoms with E-state index in [1.165, 1.54) is 33.6 Å². The summed E-state index contributed by atoms with van der Waals surface area (Å²) < 4.78 is 7.66. The Morgan fingerprint density at radius 1 is 1.41 bits per heavy atom. The third-order valence-corrected chi connectivity index (χ3v) is 4.59. The monoisotopic (exact) mass is 296 g/mol. The Labute approximate surface area is 130 Å². The summed E-state index contributed by atoms with van der Waals surface area (Å²) in [4.78, 5) is 2.93. The molecule has 0 radical (unpaired) electrons. The SMILES string of the molecule is COc1ccc2c(c1)-c1c(c(C)c(C)n1C[C@H](C)N=[N+]=[N-])C2. The first-order chi connectivity index (χ1) is 10.6. The van der Waals surface area contributed by atoms with Crippen LogP contribution in [0, 0.1) is 13.8 Å². The largest absolute Gasteiger partial charge is 0.497 e. The summed E-state index contributed by atoms with van der Waals surface area (Å²) >= 11 is 0. The Kier molecular flexibility index (Phi) is 3.59. The van der Waals surface area contributed by atoms with E-state index >= 15 is 0 Å². The van der Waals surface area contributed by atoms with Crippen LogP contribution in [0.15, 0.2) is 23.3 Å². The van der Waals surface area contributed by atoms with Crippen molar-refractivity contribution in [1.29, 1.82) is 0 Å². The number of azide groups is 1. The van der Waals surface area contributed by atoms with Crippen LogP contribution in [0.3, 0.4) is 0 Å². The summed E-state index contributed by atoms with van der Waals surface area (Å²) in [6, 6.07) is 6.19. The first-order valence-corrected chi connectivity index (χ1v) is 7.46. The van der Waals surface area contributed by atoms with Gasteiger partial charge in [0.05, 0.1) is 18.8 Å². The normalized spacial score (nSPS) is 13.3. The van der Waals surface area contributed by atoms with Gasteiger partial charge in [0.1, 0.15) is 5.75 Å². The molecule has 0 saturated heterocycles. The van der Waals surface area contributed by atoms with E-state index in [2.05, 4.69) is 40.6 Å². The first-order valence-electron chi connectivity index (χ1n) is 7.46. The van der Waals surface area contributed by atoms with Gasteiger partial charge in [0.25, 0.3) is 0 Å².